The number of hydrogen-bond donors (Lipinski definition) is 0. The van der Waals surface area contributed by atoms with Crippen LogP contribution in [0, 0.1) is 0 Å². The first-order chi connectivity index (χ1) is 7.88. The summed E-state index contributed by atoms with van der Waals surface area (Å²) in [4.78, 5) is 0. The lowest BCUT2D eigenvalue weighted by atomic mass is 10.2. The number of rotatable bonds is 5. The summed E-state index contributed by atoms with van der Waals surface area (Å²) in [5.41, 5.74) is 0. The van der Waals surface area contributed by atoms with Gasteiger partial charge < -0.3 is 8.98 Å². The van der Waals surface area contributed by atoms with Gasteiger partial charge in [0.05, 0.1) is 6.21 Å². The van der Waals surface area contributed by atoms with Crippen molar-refractivity contribution in [3.8, 4) is 0 Å². The van der Waals surface area contributed by atoms with Gasteiger partial charge in [0.2, 0.25) is 0 Å². The molecule has 0 N–H and O–H groups in total. The highest BCUT2D eigenvalue weighted by Crippen LogP contribution is 2.36. The summed E-state index contributed by atoms with van der Waals surface area (Å²) in [6, 6.07) is 0. The average molecular weight is 292 g/mol. The maximum Gasteiger partial charge on any atom is 0.191 e. The third-order valence-electron chi connectivity index (χ3n) is 3.21. The molecule has 0 bridgehead atoms. The lowest BCUT2D eigenvalue weighted by Gasteiger charge is -2.36. The SMILES string of the molecule is CC(C)(C)[S+]([O-])N=CCCO[Si](C)(C)C(C)(C)C. The standard InChI is InChI=1S/C13H29NO2SSi/c1-12(2,3)17(15)14-10-9-11-16-18(7,8)13(4,5)6/h10H,9,11H2,1-8H3. The zero-order valence-corrected chi connectivity index (χ0v) is 15.0. The molecule has 0 amide bonds. The fourth-order valence-corrected chi connectivity index (χ4v) is 2.48. The Morgan fingerprint density at radius 1 is 1.17 bits per heavy atom. The molecular weight excluding hydrogens is 262 g/mol. The summed E-state index contributed by atoms with van der Waals surface area (Å²) in [5.74, 6) is 0. The summed E-state index contributed by atoms with van der Waals surface area (Å²) in [6.07, 6.45) is 2.46. The van der Waals surface area contributed by atoms with Gasteiger partial charge in [-0.1, -0.05) is 25.2 Å². The summed E-state index contributed by atoms with van der Waals surface area (Å²) in [6.45, 7) is 17.6. The molecule has 0 aromatic carbocycles. The molecule has 0 aromatic heterocycles. The maximum absolute atomic E-state index is 11.7. The molecule has 0 fully saturated rings. The van der Waals surface area contributed by atoms with Crippen LogP contribution in [0.4, 0.5) is 0 Å². The molecular formula is C13H29NO2SSi. The Balaban J connectivity index is 4.06. The van der Waals surface area contributed by atoms with Crippen LogP contribution in [0.5, 0.6) is 0 Å². The van der Waals surface area contributed by atoms with Crippen LogP contribution in [0.3, 0.4) is 0 Å². The van der Waals surface area contributed by atoms with Crippen molar-refractivity contribution in [2.24, 2.45) is 4.40 Å². The van der Waals surface area contributed by atoms with Gasteiger partial charge in [0.15, 0.2) is 8.32 Å². The molecule has 108 valence electrons. The van der Waals surface area contributed by atoms with Crippen molar-refractivity contribution in [1.29, 1.82) is 0 Å². The fourth-order valence-electron chi connectivity index (χ4n) is 0.862. The molecule has 0 aliphatic carbocycles. The molecule has 1 atom stereocenters. The lowest BCUT2D eigenvalue weighted by Crippen LogP contribution is -2.41. The fraction of sp³-hybridized carbons (Fsp3) is 0.923. The van der Waals surface area contributed by atoms with E-state index in [1.165, 1.54) is 0 Å². The molecule has 0 heterocycles. The van der Waals surface area contributed by atoms with E-state index < -0.39 is 19.7 Å². The Morgan fingerprint density at radius 2 is 1.67 bits per heavy atom. The Kier molecular flexibility index (Phi) is 6.60. The van der Waals surface area contributed by atoms with Gasteiger partial charge in [0.25, 0.3) is 0 Å². The van der Waals surface area contributed by atoms with Crippen LogP contribution < -0.4 is 0 Å². The quantitative estimate of drug-likeness (QED) is 0.333. The largest absolute Gasteiger partial charge is 0.591 e. The first-order valence-corrected chi connectivity index (χ1v) is 10.5. The van der Waals surface area contributed by atoms with Crippen LogP contribution >= 0.6 is 0 Å². The van der Waals surface area contributed by atoms with E-state index in [4.69, 9.17) is 4.43 Å². The predicted octanol–water partition coefficient (Wildman–Crippen LogP) is 3.93. The predicted molar refractivity (Wildman–Crippen MR) is 84.2 cm³/mol. The Labute approximate surface area is 117 Å². The minimum absolute atomic E-state index is 0.234. The first-order valence-electron chi connectivity index (χ1n) is 6.46. The van der Waals surface area contributed by atoms with Crippen molar-refractivity contribution in [3.63, 3.8) is 0 Å². The third-order valence-corrected chi connectivity index (χ3v) is 9.14. The van der Waals surface area contributed by atoms with Crippen molar-refractivity contribution < 1.29 is 8.98 Å². The molecule has 0 aliphatic rings. The van der Waals surface area contributed by atoms with Gasteiger partial charge in [-0.25, -0.2) is 0 Å². The van der Waals surface area contributed by atoms with E-state index in [-0.39, 0.29) is 9.79 Å². The van der Waals surface area contributed by atoms with Gasteiger partial charge >= 0.3 is 0 Å². The van der Waals surface area contributed by atoms with Crippen LogP contribution in [-0.4, -0.2) is 30.4 Å². The van der Waals surface area contributed by atoms with E-state index in [0.29, 0.717) is 6.61 Å². The average Bonchev–Trinajstić information content (AvgIpc) is 2.13. The van der Waals surface area contributed by atoms with E-state index in [2.05, 4.69) is 38.3 Å². The van der Waals surface area contributed by atoms with Crippen molar-refractivity contribution >= 4 is 25.9 Å². The van der Waals surface area contributed by atoms with Gasteiger partial charge in [0.1, 0.15) is 16.1 Å². The second-order valence-corrected chi connectivity index (χ2v) is 13.8. The molecule has 0 saturated carbocycles. The second-order valence-electron chi connectivity index (χ2n) is 7.05. The van der Waals surface area contributed by atoms with Crippen LogP contribution in [0.25, 0.3) is 0 Å². The summed E-state index contributed by atoms with van der Waals surface area (Å²) in [7, 11) is -1.66. The highest BCUT2D eigenvalue weighted by molar-refractivity contribution is 7.91. The molecule has 0 aromatic rings. The highest BCUT2D eigenvalue weighted by Gasteiger charge is 2.36. The van der Waals surface area contributed by atoms with Crippen molar-refractivity contribution in [2.45, 2.75) is 70.8 Å². The molecule has 3 nitrogen and oxygen atoms in total. The lowest BCUT2D eigenvalue weighted by molar-refractivity contribution is 0.299. The summed E-state index contributed by atoms with van der Waals surface area (Å²) >= 11 is -1.15. The monoisotopic (exact) mass is 291 g/mol. The smallest absolute Gasteiger partial charge is 0.191 e. The molecule has 5 heteroatoms. The van der Waals surface area contributed by atoms with Crippen LogP contribution in [0.1, 0.15) is 48.0 Å². The minimum atomic E-state index is -1.66. The minimum Gasteiger partial charge on any atom is -0.591 e. The van der Waals surface area contributed by atoms with Gasteiger partial charge in [0, 0.05) is 13.0 Å². The van der Waals surface area contributed by atoms with Gasteiger partial charge in [-0.3, -0.25) is 0 Å². The summed E-state index contributed by atoms with van der Waals surface area (Å²) in [5, 5.41) is 0.234. The van der Waals surface area contributed by atoms with E-state index >= 15 is 0 Å². The third kappa shape index (κ3) is 6.36. The van der Waals surface area contributed by atoms with Crippen molar-refractivity contribution in [1.82, 2.24) is 0 Å². The van der Waals surface area contributed by atoms with E-state index in [1.54, 1.807) is 6.21 Å². The molecule has 18 heavy (non-hydrogen) atoms. The Morgan fingerprint density at radius 3 is 2.06 bits per heavy atom. The van der Waals surface area contributed by atoms with Gasteiger partial charge in [-0.2, -0.15) is 0 Å². The Hall–Kier alpha value is 0.157. The normalized spacial score (nSPS) is 16.3. The second kappa shape index (κ2) is 6.55. The summed E-state index contributed by atoms with van der Waals surface area (Å²) < 4.78 is 21.5. The molecule has 0 radical (unpaired) electrons. The van der Waals surface area contributed by atoms with Gasteiger partial charge in [-0.05, 0) is 38.9 Å². The number of nitrogens with zero attached hydrogens (tertiary/aromatic N) is 1. The van der Waals surface area contributed by atoms with E-state index in [1.807, 2.05) is 20.8 Å². The van der Waals surface area contributed by atoms with Crippen LogP contribution in [0.15, 0.2) is 4.40 Å². The zero-order chi connectivity index (χ0) is 14.6. The van der Waals surface area contributed by atoms with Crippen LogP contribution in [-0.2, 0) is 15.8 Å². The van der Waals surface area contributed by atoms with Crippen LogP contribution in [0.2, 0.25) is 18.1 Å². The molecule has 0 spiro atoms. The maximum atomic E-state index is 11.7. The van der Waals surface area contributed by atoms with E-state index in [0.717, 1.165) is 6.42 Å². The first kappa shape index (κ1) is 18.2. The topological polar surface area (TPSA) is 44.7 Å². The molecule has 0 saturated heterocycles. The molecule has 0 rings (SSSR count). The molecule has 1 unspecified atom stereocenters. The van der Waals surface area contributed by atoms with Gasteiger partial charge in [-0.15, -0.1) is 0 Å². The van der Waals surface area contributed by atoms with E-state index in [9.17, 15) is 4.55 Å². The van der Waals surface area contributed by atoms with Crippen molar-refractivity contribution in [2.75, 3.05) is 6.61 Å². The Bertz CT molecular complexity index is 280. The highest BCUT2D eigenvalue weighted by atomic mass is 32.2. The zero-order valence-electron chi connectivity index (χ0n) is 13.2. The van der Waals surface area contributed by atoms with Crippen molar-refractivity contribution in [3.05, 3.63) is 0 Å². The molecule has 0 aliphatic heterocycles. The number of hydrogen-bond acceptors (Lipinski definition) is 3.